The van der Waals surface area contributed by atoms with E-state index in [1.165, 1.54) is 17.7 Å². The van der Waals surface area contributed by atoms with Crippen molar-refractivity contribution in [3.8, 4) is 6.07 Å². The minimum Gasteiger partial charge on any atom is -0.454 e. The Bertz CT molecular complexity index is 1220. The summed E-state index contributed by atoms with van der Waals surface area (Å²) in [4.78, 5) is 41.8. The van der Waals surface area contributed by atoms with E-state index in [9.17, 15) is 19.6 Å². The number of carbonyl (C=O) groups is 2. The molecule has 1 aromatic carbocycles. The number of esters is 1. The van der Waals surface area contributed by atoms with Crippen LogP contribution in [0.15, 0.2) is 35.4 Å². The fourth-order valence-corrected chi connectivity index (χ4v) is 4.58. The topological polar surface area (TPSA) is 114 Å². The van der Waals surface area contributed by atoms with Crippen molar-refractivity contribution in [2.24, 2.45) is 0 Å². The average Bonchev–Trinajstić information content (AvgIpc) is 3.29. The molecule has 8 nitrogen and oxygen atoms in total. The summed E-state index contributed by atoms with van der Waals surface area (Å²) >= 11 is 1.39. The third-order valence-electron chi connectivity index (χ3n) is 4.68. The lowest BCUT2D eigenvalue weighted by molar-refractivity contribution is -0.147. The van der Waals surface area contributed by atoms with Crippen LogP contribution in [-0.2, 0) is 33.7 Å². The summed E-state index contributed by atoms with van der Waals surface area (Å²) < 4.78 is 6.12. The number of rotatable bonds is 5. The van der Waals surface area contributed by atoms with Crippen LogP contribution in [0.25, 0.3) is 10.9 Å². The van der Waals surface area contributed by atoms with Crippen LogP contribution >= 0.6 is 11.3 Å². The summed E-state index contributed by atoms with van der Waals surface area (Å²) in [5, 5.41) is 12.9. The molecule has 1 aliphatic carbocycles. The fraction of sp³-hybridized carbons (Fsp3) is 0.250. The number of nitrogens with zero attached hydrogens (tertiary/aromatic N) is 3. The summed E-state index contributed by atoms with van der Waals surface area (Å²) in [5.41, 5.74) is 1.69. The number of nitrogens with one attached hydrogen (secondary N) is 1. The molecule has 146 valence electrons. The first-order valence-electron chi connectivity index (χ1n) is 9.01. The van der Waals surface area contributed by atoms with Crippen LogP contribution in [0.1, 0.15) is 22.4 Å². The van der Waals surface area contributed by atoms with Gasteiger partial charge in [-0.25, -0.2) is 4.98 Å². The molecule has 0 saturated heterocycles. The van der Waals surface area contributed by atoms with Gasteiger partial charge in [0.05, 0.1) is 22.8 Å². The maximum absolute atomic E-state index is 12.4. The number of aryl methyl sites for hydroxylation is 1. The van der Waals surface area contributed by atoms with Crippen LogP contribution in [0.4, 0.5) is 5.00 Å². The second kappa shape index (κ2) is 7.85. The molecule has 3 aromatic rings. The van der Waals surface area contributed by atoms with E-state index in [1.54, 1.807) is 24.3 Å². The predicted octanol–water partition coefficient (Wildman–Crippen LogP) is 2.00. The van der Waals surface area contributed by atoms with Crippen molar-refractivity contribution in [3.63, 3.8) is 0 Å². The average molecular weight is 408 g/mol. The number of thiophene rings is 1. The van der Waals surface area contributed by atoms with Gasteiger partial charge in [-0.05, 0) is 37.0 Å². The number of ether oxygens (including phenoxy) is 1. The zero-order valence-corrected chi connectivity index (χ0v) is 16.1. The van der Waals surface area contributed by atoms with Crippen molar-refractivity contribution >= 4 is 39.1 Å². The van der Waals surface area contributed by atoms with E-state index < -0.39 is 18.5 Å². The Hall–Kier alpha value is -3.51. The van der Waals surface area contributed by atoms with Gasteiger partial charge in [0, 0.05) is 4.88 Å². The minimum atomic E-state index is -0.728. The Balaban J connectivity index is 1.37. The molecule has 1 amide bonds. The van der Waals surface area contributed by atoms with Gasteiger partial charge >= 0.3 is 5.97 Å². The third kappa shape index (κ3) is 3.75. The monoisotopic (exact) mass is 408 g/mol. The second-order valence-electron chi connectivity index (χ2n) is 6.58. The van der Waals surface area contributed by atoms with Gasteiger partial charge in [-0.1, -0.05) is 12.1 Å². The van der Waals surface area contributed by atoms with E-state index >= 15 is 0 Å². The zero-order chi connectivity index (χ0) is 20.4. The fourth-order valence-electron chi connectivity index (χ4n) is 3.32. The minimum absolute atomic E-state index is 0.347. The Morgan fingerprint density at radius 2 is 2.14 bits per heavy atom. The SMILES string of the molecule is N#Cc1c(NC(=O)COC(=O)Cn2cnc3ccccc3c2=O)sc2c1CCC2. The number of fused-ring (bicyclic) bond motifs is 2. The van der Waals surface area contributed by atoms with E-state index in [-0.39, 0.29) is 12.1 Å². The lowest BCUT2D eigenvalue weighted by Crippen LogP contribution is -2.28. The van der Waals surface area contributed by atoms with Crippen LogP contribution in [0.5, 0.6) is 0 Å². The van der Waals surface area contributed by atoms with Gasteiger partial charge in [0.1, 0.15) is 17.6 Å². The molecular formula is C20H16N4O4S. The highest BCUT2D eigenvalue weighted by atomic mass is 32.1. The number of hydrogen-bond donors (Lipinski definition) is 1. The zero-order valence-electron chi connectivity index (χ0n) is 15.3. The van der Waals surface area contributed by atoms with E-state index in [0.717, 1.165) is 34.3 Å². The number of benzene rings is 1. The summed E-state index contributed by atoms with van der Waals surface area (Å²) in [6, 6.07) is 8.97. The van der Waals surface area contributed by atoms with Gasteiger partial charge in [0.2, 0.25) is 0 Å². The molecule has 0 fully saturated rings. The summed E-state index contributed by atoms with van der Waals surface area (Å²) in [7, 11) is 0. The van der Waals surface area contributed by atoms with E-state index in [4.69, 9.17) is 4.74 Å². The highest BCUT2D eigenvalue weighted by Gasteiger charge is 2.23. The van der Waals surface area contributed by atoms with E-state index in [1.807, 2.05) is 0 Å². The molecular weight excluding hydrogens is 392 g/mol. The lowest BCUT2D eigenvalue weighted by Gasteiger charge is -2.08. The van der Waals surface area contributed by atoms with Crippen molar-refractivity contribution in [2.45, 2.75) is 25.8 Å². The summed E-state index contributed by atoms with van der Waals surface area (Å²) in [6.07, 6.45) is 4.05. The molecule has 9 heteroatoms. The largest absolute Gasteiger partial charge is 0.454 e. The molecule has 4 rings (SSSR count). The van der Waals surface area contributed by atoms with Crippen LogP contribution in [0.2, 0.25) is 0 Å². The molecule has 1 aliphatic rings. The molecule has 0 radical (unpaired) electrons. The standard InChI is InChI=1S/C20H16N4O4S/c21-8-14-12-5-3-7-16(12)29-19(14)23-17(25)10-28-18(26)9-24-11-22-15-6-2-1-4-13(15)20(24)27/h1-2,4,6,11H,3,5,7,9-10H2,(H,23,25). The molecule has 0 unspecified atom stereocenters. The van der Waals surface area contributed by atoms with Crippen LogP contribution < -0.4 is 10.9 Å². The van der Waals surface area contributed by atoms with Crippen LogP contribution in [0, 0.1) is 11.3 Å². The van der Waals surface area contributed by atoms with Gasteiger partial charge in [-0.15, -0.1) is 11.3 Å². The second-order valence-corrected chi connectivity index (χ2v) is 7.68. The first-order valence-corrected chi connectivity index (χ1v) is 9.82. The number of nitriles is 1. The van der Waals surface area contributed by atoms with Gasteiger partial charge in [0.15, 0.2) is 6.61 Å². The molecule has 1 N–H and O–H groups in total. The van der Waals surface area contributed by atoms with Crippen molar-refractivity contribution in [3.05, 3.63) is 57.0 Å². The highest BCUT2D eigenvalue weighted by molar-refractivity contribution is 7.16. The first-order chi connectivity index (χ1) is 14.1. The Morgan fingerprint density at radius 3 is 2.97 bits per heavy atom. The Labute approximate surface area is 169 Å². The van der Waals surface area contributed by atoms with E-state index in [0.29, 0.717) is 21.5 Å². The van der Waals surface area contributed by atoms with Crippen molar-refractivity contribution < 1.29 is 14.3 Å². The predicted molar refractivity (Wildman–Crippen MR) is 107 cm³/mol. The van der Waals surface area contributed by atoms with Gasteiger partial charge in [0.25, 0.3) is 11.5 Å². The molecule has 0 aliphatic heterocycles. The quantitative estimate of drug-likeness (QED) is 0.646. The molecule has 2 aromatic heterocycles. The molecule has 0 atom stereocenters. The molecule has 0 bridgehead atoms. The summed E-state index contributed by atoms with van der Waals surface area (Å²) in [5.74, 6) is -1.26. The van der Waals surface area contributed by atoms with Gasteiger partial charge < -0.3 is 10.1 Å². The van der Waals surface area contributed by atoms with Crippen molar-refractivity contribution in [1.29, 1.82) is 5.26 Å². The lowest BCUT2D eigenvalue weighted by atomic mass is 10.1. The first kappa shape index (κ1) is 18.8. The maximum Gasteiger partial charge on any atom is 0.326 e. The van der Waals surface area contributed by atoms with Crippen LogP contribution in [-0.4, -0.2) is 28.0 Å². The number of para-hydroxylation sites is 1. The Morgan fingerprint density at radius 1 is 1.31 bits per heavy atom. The number of carbonyl (C=O) groups excluding carboxylic acids is 2. The third-order valence-corrected chi connectivity index (χ3v) is 5.89. The number of aromatic nitrogens is 2. The number of anilines is 1. The van der Waals surface area contributed by atoms with E-state index in [2.05, 4.69) is 16.4 Å². The van der Waals surface area contributed by atoms with Crippen molar-refractivity contribution in [2.75, 3.05) is 11.9 Å². The number of hydrogen-bond acceptors (Lipinski definition) is 7. The van der Waals surface area contributed by atoms with Gasteiger partial charge in [-0.2, -0.15) is 5.26 Å². The van der Waals surface area contributed by atoms with Crippen LogP contribution in [0.3, 0.4) is 0 Å². The van der Waals surface area contributed by atoms with Crippen molar-refractivity contribution in [1.82, 2.24) is 9.55 Å². The Kier molecular flexibility index (Phi) is 5.10. The van der Waals surface area contributed by atoms with Gasteiger partial charge in [-0.3, -0.25) is 19.0 Å². The molecule has 29 heavy (non-hydrogen) atoms. The summed E-state index contributed by atoms with van der Waals surface area (Å²) in [6.45, 7) is -0.845. The normalized spacial score (nSPS) is 12.4. The molecule has 0 saturated carbocycles. The number of amides is 1. The molecule has 2 heterocycles. The maximum atomic E-state index is 12.4. The highest BCUT2D eigenvalue weighted by Crippen LogP contribution is 2.38. The smallest absolute Gasteiger partial charge is 0.326 e. The molecule has 0 spiro atoms.